The Morgan fingerprint density at radius 1 is 0.947 bits per heavy atom. The first-order valence-corrected chi connectivity index (χ1v) is 12.2. The minimum Gasteiger partial charge on any atom is -0.378 e. The van der Waals surface area contributed by atoms with E-state index in [1.807, 2.05) is 0 Å². The molecule has 0 aliphatic rings. The van der Waals surface area contributed by atoms with Crippen LogP contribution in [0.4, 0.5) is 27.9 Å². The van der Waals surface area contributed by atoms with E-state index in [0.717, 1.165) is 5.56 Å². The van der Waals surface area contributed by atoms with E-state index >= 15 is 0 Å². The van der Waals surface area contributed by atoms with Crippen molar-refractivity contribution in [3.05, 3.63) is 78.1 Å². The van der Waals surface area contributed by atoms with Crippen molar-refractivity contribution in [1.29, 1.82) is 0 Å². The van der Waals surface area contributed by atoms with Crippen molar-refractivity contribution in [1.82, 2.24) is 20.3 Å². The Hall–Kier alpha value is -4.13. The van der Waals surface area contributed by atoms with Crippen LogP contribution in [0.25, 0.3) is 0 Å². The van der Waals surface area contributed by atoms with Gasteiger partial charge in [-0.1, -0.05) is 24.3 Å². The number of hydrogen-bond donors (Lipinski definition) is 5. The van der Waals surface area contributed by atoms with Crippen molar-refractivity contribution in [3.8, 4) is 0 Å². The number of ether oxygens (including phenoxy) is 2. The van der Waals surface area contributed by atoms with Crippen LogP contribution < -0.4 is 27.0 Å². The first kappa shape index (κ1) is 28.4. The summed E-state index contributed by atoms with van der Waals surface area (Å²) in [5, 5.41) is 12.0. The molecular formula is C26H33FN8O3. The summed E-state index contributed by atoms with van der Waals surface area (Å²) in [7, 11) is 0. The van der Waals surface area contributed by atoms with Gasteiger partial charge in [-0.25, -0.2) is 4.39 Å². The first-order chi connectivity index (χ1) is 18.6. The molecule has 0 saturated heterocycles. The van der Waals surface area contributed by atoms with Gasteiger partial charge in [0.25, 0.3) is 5.91 Å². The standard InChI is InChI=1S/C26H33FN8O3/c1-2-10-30-24-33-25(31-18-19-5-3-7-21(27)16-19)35-26(34-24)32-22-8-4-6-20(17-22)23(36)29-11-13-38-15-14-37-12-9-28/h2-8,16-17H,1,9-15,18,28H2,(H,29,36)(H3,30,31,32,33,34,35). The van der Waals surface area contributed by atoms with E-state index in [2.05, 4.69) is 42.8 Å². The molecule has 0 saturated carbocycles. The predicted octanol–water partition coefficient (Wildman–Crippen LogP) is 2.69. The molecule has 1 heterocycles. The van der Waals surface area contributed by atoms with Gasteiger partial charge in [0.2, 0.25) is 17.8 Å². The molecular weight excluding hydrogens is 491 g/mol. The normalized spacial score (nSPS) is 10.6. The van der Waals surface area contributed by atoms with Crippen molar-refractivity contribution in [2.24, 2.45) is 5.73 Å². The fourth-order valence-electron chi connectivity index (χ4n) is 3.19. The van der Waals surface area contributed by atoms with Crippen molar-refractivity contribution in [2.75, 3.05) is 62.0 Å². The molecule has 202 valence electrons. The number of benzene rings is 2. The third-order valence-corrected chi connectivity index (χ3v) is 4.93. The lowest BCUT2D eigenvalue weighted by Gasteiger charge is -2.12. The van der Waals surface area contributed by atoms with Gasteiger partial charge in [0.15, 0.2) is 0 Å². The van der Waals surface area contributed by atoms with E-state index in [1.165, 1.54) is 12.1 Å². The third-order valence-electron chi connectivity index (χ3n) is 4.93. The van der Waals surface area contributed by atoms with Gasteiger partial charge in [0.1, 0.15) is 5.82 Å². The second-order valence-corrected chi connectivity index (χ2v) is 7.93. The molecule has 3 rings (SSSR count). The second-order valence-electron chi connectivity index (χ2n) is 7.93. The summed E-state index contributed by atoms with van der Waals surface area (Å²) in [5.74, 6) is 0.321. The molecule has 6 N–H and O–H groups in total. The Morgan fingerprint density at radius 3 is 2.45 bits per heavy atom. The van der Waals surface area contributed by atoms with Crippen LogP contribution in [0.2, 0.25) is 0 Å². The van der Waals surface area contributed by atoms with Crippen LogP contribution in [0.15, 0.2) is 61.2 Å². The number of nitrogens with one attached hydrogen (secondary N) is 4. The van der Waals surface area contributed by atoms with Crippen molar-refractivity contribution in [2.45, 2.75) is 6.54 Å². The minimum atomic E-state index is -0.319. The van der Waals surface area contributed by atoms with Crippen LogP contribution in [0.1, 0.15) is 15.9 Å². The summed E-state index contributed by atoms with van der Waals surface area (Å²) in [6, 6.07) is 13.2. The molecule has 0 fully saturated rings. The molecule has 0 aliphatic carbocycles. The molecule has 0 bridgehead atoms. The summed E-state index contributed by atoms with van der Waals surface area (Å²) < 4.78 is 24.2. The zero-order chi connectivity index (χ0) is 27.0. The van der Waals surface area contributed by atoms with E-state index < -0.39 is 0 Å². The van der Waals surface area contributed by atoms with E-state index in [4.69, 9.17) is 15.2 Å². The summed E-state index contributed by atoms with van der Waals surface area (Å²) >= 11 is 0. The van der Waals surface area contributed by atoms with Crippen molar-refractivity contribution < 1.29 is 18.7 Å². The molecule has 0 radical (unpaired) electrons. The maximum absolute atomic E-state index is 13.5. The number of carbonyl (C=O) groups is 1. The zero-order valence-corrected chi connectivity index (χ0v) is 21.1. The summed E-state index contributed by atoms with van der Waals surface area (Å²) in [6.07, 6.45) is 1.68. The number of halogens is 1. The van der Waals surface area contributed by atoms with Crippen LogP contribution in [0.5, 0.6) is 0 Å². The predicted molar refractivity (Wildman–Crippen MR) is 145 cm³/mol. The monoisotopic (exact) mass is 524 g/mol. The highest BCUT2D eigenvalue weighted by molar-refractivity contribution is 5.95. The molecule has 0 atom stereocenters. The molecule has 1 aromatic heterocycles. The van der Waals surface area contributed by atoms with Crippen LogP contribution in [-0.2, 0) is 16.0 Å². The fraction of sp³-hybridized carbons (Fsp3) is 0.308. The topological polar surface area (TPSA) is 148 Å². The number of anilines is 4. The largest absolute Gasteiger partial charge is 0.378 e. The quantitative estimate of drug-likeness (QED) is 0.132. The summed E-state index contributed by atoms with van der Waals surface area (Å²) in [6.45, 7) is 7.05. The Kier molecular flexibility index (Phi) is 11.9. The van der Waals surface area contributed by atoms with Crippen LogP contribution in [0.3, 0.4) is 0 Å². The number of rotatable bonds is 17. The maximum atomic E-state index is 13.5. The van der Waals surface area contributed by atoms with E-state index in [9.17, 15) is 9.18 Å². The zero-order valence-electron chi connectivity index (χ0n) is 21.1. The summed E-state index contributed by atoms with van der Waals surface area (Å²) in [4.78, 5) is 25.7. The Bertz CT molecular complexity index is 1180. The third kappa shape index (κ3) is 10.1. The lowest BCUT2D eigenvalue weighted by atomic mass is 10.2. The number of aromatic nitrogens is 3. The molecule has 2 aromatic carbocycles. The van der Waals surface area contributed by atoms with E-state index in [1.54, 1.807) is 42.5 Å². The number of nitrogens with zero attached hydrogens (tertiary/aromatic N) is 3. The van der Waals surface area contributed by atoms with Gasteiger partial charge in [-0.05, 0) is 35.9 Å². The van der Waals surface area contributed by atoms with Crippen LogP contribution >= 0.6 is 0 Å². The Morgan fingerprint density at radius 2 is 1.68 bits per heavy atom. The van der Waals surface area contributed by atoms with Crippen LogP contribution in [0, 0.1) is 5.82 Å². The molecule has 11 nitrogen and oxygen atoms in total. The SMILES string of the molecule is C=CCNc1nc(NCc2cccc(F)c2)nc(Nc2cccc(C(=O)NCCOCCOCCN)c2)n1. The molecule has 0 aliphatic heterocycles. The molecule has 1 amide bonds. The van der Waals surface area contributed by atoms with Crippen molar-refractivity contribution in [3.63, 3.8) is 0 Å². The van der Waals surface area contributed by atoms with Gasteiger partial charge >= 0.3 is 0 Å². The first-order valence-electron chi connectivity index (χ1n) is 12.2. The molecule has 3 aromatic rings. The van der Waals surface area contributed by atoms with Gasteiger partial charge in [0, 0.05) is 37.4 Å². The lowest BCUT2D eigenvalue weighted by Crippen LogP contribution is -2.27. The highest BCUT2D eigenvalue weighted by atomic mass is 19.1. The van der Waals surface area contributed by atoms with Gasteiger partial charge < -0.3 is 36.5 Å². The van der Waals surface area contributed by atoms with E-state index in [0.29, 0.717) is 75.8 Å². The van der Waals surface area contributed by atoms with Crippen molar-refractivity contribution >= 4 is 29.4 Å². The Balaban J connectivity index is 1.59. The molecule has 38 heavy (non-hydrogen) atoms. The molecule has 0 spiro atoms. The smallest absolute Gasteiger partial charge is 0.251 e. The van der Waals surface area contributed by atoms with Gasteiger partial charge in [0.05, 0.1) is 26.4 Å². The molecule has 12 heteroatoms. The number of nitrogens with two attached hydrogens (primary N) is 1. The van der Waals surface area contributed by atoms with E-state index in [-0.39, 0.29) is 17.7 Å². The van der Waals surface area contributed by atoms with Gasteiger partial charge in [-0.2, -0.15) is 15.0 Å². The second kappa shape index (κ2) is 15.9. The number of amides is 1. The highest BCUT2D eigenvalue weighted by Gasteiger charge is 2.10. The lowest BCUT2D eigenvalue weighted by molar-refractivity contribution is 0.0511. The van der Waals surface area contributed by atoms with Gasteiger partial charge in [-0.15, -0.1) is 6.58 Å². The molecule has 0 unspecified atom stereocenters. The van der Waals surface area contributed by atoms with Crippen LogP contribution in [-0.4, -0.2) is 66.9 Å². The fourth-order valence-corrected chi connectivity index (χ4v) is 3.19. The highest BCUT2D eigenvalue weighted by Crippen LogP contribution is 2.18. The number of hydrogen-bond acceptors (Lipinski definition) is 10. The minimum absolute atomic E-state index is 0.238. The Labute approximate surface area is 221 Å². The average molecular weight is 525 g/mol. The maximum Gasteiger partial charge on any atom is 0.251 e. The van der Waals surface area contributed by atoms with Gasteiger partial charge in [-0.3, -0.25) is 4.79 Å². The summed E-state index contributed by atoms with van der Waals surface area (Å²) in [5.41, 5.74) is 7.17. The number of carbonyl (C=O) groups excluding carboxylic acids is 1. The average Bonchev–Trinajstić information content (AvgIpc) is 2.92.